The molecule has 0 aromatic heterocycles. The smallest absolute Gasteiger partial charge is 0.265 e. The molecule has 0 unspecified atom stereocenters. The highest BCUT2D eigenvalue weighted by Gasteiger charge is 2.48. The second kappa shape index (κ2) is 19.0. The molecule has 1 saturated carbocycles. The van der Waals surface area contributed by atoms with Crippen molar-refractivity contribution >= 4 is 33.2 Å². The number of nitrogens with one attached hydrogen (secondary N) is 1. The van der Waals surface area contributed by atoms with Gasteiger partial charge in [-0.25, -0.2) is 13.1 Å². The van der Waals surface area contributed by atoms with E-state index in [1.54, 1.807) is 25.3 Å². The number of benzene rings is 2. The maximum absolute atomic E-state index is 13.5. The lowest BCUT2D eigenvalue weighted by Crippen LogP contribution is -2.47. The van der Waals surface area contributed by atoms with Crippen molar-refractivity contribution in [2.24, 2.45) is 17.3 Å². The highest BCUT2D eigenvalue weighted by molar-refractivity contribution is 7.93. The Morgan fingerprint density at radius 3 is 2.36 bits per heavy atom. The van der Waals surface area contributed by atoms with Gasteiger partial charge in [-0.05, 0) is 97.7 Å². The summed E-state index contributed by atoms with van der Waals surface area (Å²) in [4.78, 5) is 15.9. The normalized spacial score (nSPS) is 25.2. The van der Waals surface area contributed by atoms with E-state index in [2.05, 4.69) is 34.4 Å². The third-order valence-electron chi connectivity index (χ3n) is 11.4. The van der Waals surface area contributed by atoms with Crippen LogP contribution in [-0.2, 0) is 45.5 Å². The van der Waals surface area contributed by atoms with Crippen molar-refractivity contribution < 1.29 is 41.6 Å². The first-order chi connectivity index (χ1) is 26.5. The largest absolute Gasteiger partial charge is 0.490 e. The summed E-state index contributed by atoms with van der Waals surface area (Å²) in [6.07, 6.45) is 10.7. The van der Waals surface area contributed by atoms with Crippen LogP contribution < -0.4 is 14.4 Å². The number of fused-ring (bicyclic) bond motifs is 3. The van der Waals surface area contributed by atoms with E-state index in [4.69, 9.17) is 40.0 Å². The lowest BCUT2D eigenvalue weighted by molar-refractivity contribution is -0.0102. The average molecular weight is 801 g/mol. The van der Waals surface area contributed by atoms with Crippen molar-refractivity contribution in [2.45, 2.75) is 57.3 Å². The first kappa shape index (κ1) is 41.7. The van der Waals surface area contributed by atoms with Gasteiger partial charge in [0.1, 0.15) is 5.75 Å². The summed E-state index contributed by atoms with van der Waals surface area (Å²) >= 11 is 6.47. The van der Waals surface area contributed by atoms with Crippen LogP contribution in [0.25, 0.3) is 0 Å². The lowest BCUT2D eigenvalue weighted by atomic mass is 9.70. The molecule has 2 bridgehead atoms. The van der Waals surface area contributed by atoms with Crippen LogP contribution in [0.3, 0.4) is 0 Å². The Labute approximate surface area is 331 Å². The van der Waals surface area contributed by atoms with Crippen LogP contribution >= 0.6 is 11.6 Å². The molecule has 1 N–H and O–H groups in total. The number of aryl methyl sites for hydroxylation is 1. The number of amides is 1. The molecule has 55 heavy (non-hydrogen) atoms. The number of sulfonamides is 1. The second-order valence-corrected chi connectivity index (χ2v) is 17.8. The number of carbonyl (C=O) groups excluding carboxylic acids is 1. The van der Waals surface area contributed by atoms with Gasteiger partial charge >= 0.3 is 0 Å². The zero-order valence-corrected chi connectivity index (χ0v) is 33.9. The molecule has 1 fully saturated rings. The van der Waals surface area contributed by atoms with Crippen molar-refractivity contribution in [1.29, 1.82) is 0 Å². The number of nitrogens with zero attached hydrogens (tertiary/aromatic N) is 1. The fraction of sp³-hybridized carbons (Fsp3) is 0.595. The molecule has 2 heterocycles. The third kappa shape index (κ3) is 10.9. The molecule has 0 saturated heterocycles. The van der Waals surface area contributed by atoms with Gasteiger partial charge in [0.05, 0.1) is 76.7 Å². The fourth-order valence-corrected chi connectivity index (χ4v) is 9.45. The predicted octanol–water partition coefficient (Wildman–Crippen LogP) is 6.48. The summed E-state index contributed by atoms with van der Waals surface area (Å²) in [6, 6.07) is 11.5. The molecular weight excluding hydrogens is 744 g/mol. The monoisotopic (exact) mass is 800 g/mol. The van der Waals surface area contributed by atoms with Gasteiger partial charge in [0, 0.05) is 42.1 Å². The van der Waals surface area contributed by atoms with Gasteiger partial charge in [-0.1, -0.05) is 43.3 Å². The summed E-state index contributed by atoms with van der Waals surface area (Å²) < 4.78 is 63.5. The number of anilines is 1. The first-order valence-electron chi connectivity index (χ1n) is 19.6. The Kier molecular flexibility index (Phi) is 14.4. The summed E-state index contributed by atoms with van der Waals surface area (Å²) in [6.45, 7) is 12.2. The Hall–Kier alpha value is -2.97. The van der Waals surface area contributed by atoms with Crippen molar-refractivity contribution in [1.82, 2.24) is 4.72 Å². The van der Waals surface area contributed by atoms with Crippen LogP contribution in [0.4, 0.5) is 5.69 Å². The minimum atomic E-state index is -4.14. The van der Waals surface area contributed by atoms with Gasteiger partial charge in [-0.2, -0.15) is 0 Å². The van der Waals surface area contributed by atoms with Crippen molar-refractivity contribution in [2.75, 3.05) is 91.2 Å². The standard InChI is InChI=1S/C42H57ClN2O9S/c1-31-6-4-7-33(27-53-23-22-52-21-20-51-19-18-50-17-16-49-3)26-41(14-15-41)28-45-29-42(13-5-8-34-24-36(43)10-11-37(34)42)30-54-39-12-9-35(25-38(39)45)40(46)44-55(47,48)32(31)2/h4,7,9-12,24-25,31,33H,2,5-6,8,13-23,26-30H2,1,3H3,(H,44,46)/b7-4+/t31-,33-,42-/m0/s1. The average Bonchev–Trinajstić information content (AvgIpc) is 3.94. The number of allylic oxidation sites excluding steroid dienone is 2. The van der Waals surface area contributed by atoms with Gasteiger partial charge in [0.2, 0.25) is 0 Å². The SMILES string of the molecule is C=C1[C@@H](C)C/C=C/[C@H](COCCOCCOCCOCCOC)CC2(CC2)CN2C[C@@]3(CCCc4cc(Cl)ccc43)COc3ccc(cc32)C(=O)NS1(=O)=O. The summed E-state index contributed by atoms with van der Waals surface area (Å²) in [5.74, 6) is -0.297. The molecule has 6 rings (SSSR count). The van der Waals surface area contributed by atoms with Crippen molar-refractivity contribution in [3.63, 3.8) is 0 Å². The third-order valence-corrected chi connectivity index (χ3v) is 13.2. The number of rotatable bonds is 14. The zero-order chi connectivity index (χ0) is 38.9. The van der Waals surface area contributed by atoms with Crippen LogP contribution in [0, 0.1) is 17.3 Å². The number of ether oxygens (including phenoxy) is 6. The topological polar surface area (TPSA) is 122 Å². The molecule has 2 aliphatic heterocycles. The summed E-state index contributed by atoms with van der Waals surface area (Å²) in [7, 11) is -2.49. The highest BCUT2D eigenvalue weighted by atomic mass is 35.5. The van der Waals surface area contributed by atoms with Gasteiger partial charge in [0.25, 0.3) is 15.9 Å². The molecular formula is C42H57ClN2O9S. The van der Waals surface area contributed by atoms with E-state index in [1.807, 2.05) is 19.1 Å². The molecule has 2 aliphatic carbocycles. The minimum absolute atomic E-state index is 0.0264. The number of hydrogen-bond acceptors (Lipinski definition) is 10. The molecule has 2 aromatic carbocycles. The number of carbonyl (C=O) groups is 1. The van der Waals surface area contributed by atoms with Crippen molar-refractivity contribution in [3.8, 4) is 5.75 Å². The molecule has 1 amide bonds. The van der Waals surface area contributed by atoms with E-state index in [0.717, 1.165) is 55.8 Å². The second-order valence-electron chi connectivity index (χ2n) is 15.6. The van der Waals surface area contributed by atoms with E-state index in [9.17, 15) is 13.2 Å². The van der Waals surface area contributed by atoms with E-state index in [0.29, 0.717) is 84.8 Å². The Morgan fingerprint density at radius 1 is 0.945 bits per heavy atom. The van der Waals surface area contributed by atoms with E-state index < -0.39 is 21.8 Å². The Morgan fingerprint density at radius 2 is 1.65 bits per heavy atom. The Balaban J connectivity index is 1.19. The molecule has 2 aromatic rings. The van der Waals surface area contributed by atoms with E-state index >= 15 is 0 Å². The number of hydrogen-bond donors (Lipinski definition) is 1. The molecule has 4 aliphatic rings. The van der Waals surface area contributed by atoms with Gasteiger partial charge < -0.3 is 33.3 Å². The summed E-state index contributed by atoms with van der Waals surface area (Å²) in [5, 5.41) is 0.732. The van der Waals surface area contributed by atoms with Crippen LogP contribution in [0.1, 0.15) is 66.9 Å². The van der Waals surface area contributed by atoms with Gasteiger partial charge in [-0.15, -0.1) is 0 Å². The molecule has 0 radical (unpaired) electrons. The maximum atomic E-state index is 13.5. The van der Waals surface area contributed by atoms with Crippen LogP contribution in [-0.4, -0.2) is 101 Å². The molecule has 3 atom stereocenters. The van der Waals surface area contributed by atoms with Crippen LogP contribution in [0.15, 0.2) is 60.0 Å². The van der Waals surface area contributed by atoms with Crippen LogP contribution in [0.5, 0.6) is 5.75 Å². The summed E-state index contributed by atoms with van der Waals surface area (Å²) in [5.41, 5.74) is 3.33. The quantitative estimate of drug-likeness (QED) is 0.168. The maximum Gasteiger partial charge on any atom is 0.265 e. The molecule has 13 heteroatoms. The molecule has 2 spiro atoms. The van der Waals surface area contributed by atoms with Crippen LogP contribution in [0.2, 0.25) is 5.02 Å². The lowest BCUT2D eigenvalue weighted by Gasteiger charge is -2.42. The predicted molar refractivity (Wildman–Crippen MR) is 214 cm³/mol. The van der Waals surface area contributed by atoms with Gasteiger partial charge in [0.15, 0.2) is 0 Å². The zero-order valence-electron chi connectivity index (χ0n) is 32.3. The number of methoxy groups -OCH3 is 1. The first-order valence-corrected chi connectivity index (χ1v) is 21.4. The number of halogens is 1. The fourth-order valence-electron chi connectivity index (χ4n) is 8.14. The highest BCUT2D eigenvalue weighted by Crippen LogP contribution is 2.54. The Bertz CT molecular complexity index is 1780. The van der Waals surface area contributed by atoms with E-state index in [-0.39, 0.29) is 27.2 Å². The van der Waals surface area contributed by atoms with Crippen molar-refractivity contribution in [3.05, 3.63) is 81.7 Å². The van der Waals surface area contributed by atoms with Gasteiger partial charge in [-0.3, -0.25) is 4.79 Å². The van der Waals surface area contributed by atoms with E-state index in [1.165, 1.54) is 11.1 Å². The minimum Gasteiger partial charge on any atom is -0.490 e. The molecule has 11 nitrogen and oxygen atoms in total. The molecule has 302 valence electrons.